The predicted molar refractivity (Wildman–Crippen MR) is 85.1 cm³/mol. The first kappa shape index (κ1) is 15.2. The molecule has 3 heteroatoms. The second-order valence-electron chi connectivity index (χ2n) is 8.33. The van der Waals surface area contributed by atoms with Gasteiger partial charge in [0, 0.05) is 5.41 Å². The molecule has 4 rings (SSSR count). The van der Waals surface area contributed by atoms with Gasteiger partial charge >= 0.3 is 0 Å². The summed E-state index contributed by atoms with van der Waals surface area (Å²) >= 11 is 0. The number of hydrogen-bond donors (Lipinski definition) is 3. The highest BCUT2D eigenvalue weighted by Crippen LogP contribution is 2.63. The summed E-state index contributed by atoms with van der Waals surface area (Å²) in [4.78, 5) is 0. The molecule has 0 aliphatic heterocycles. The van der Waals surface area contributed by atoms with Crippen molar-refractivity contribution in [2.75, 3.05) is 0 Å². The lowest BCUT2D eigenvalue weighted by atomic mass is 9.50. The van der Waals surface area contributed by atoms with E-state index < -0.39 is 0 Å². The van der Waals surface area contributed by atoms with E-state index in [-0.39, 0.29) is 23.7 Å². The molecule has 8 atom stereocenters. The van der Waals surface area contributed by atoms with Crippen molar-refractivity contribution in [1.82, 2.24) is 0 Å². The fraction of sp³-hybridized carbons (Fsp3) is 0.895. The van der Waals surface area contributed by atoms with E-state index in [1.54, 1.807) is 0 Å². The third kappa shape index (κ3) is 1.98. The highest BCUT2D eigenvalue weighted by atomic mass is 16.3. The molecule has 0 amide bonds. The summed E-state index contributed by atoms with van der Waals surface area (Å²) in [7, 11) is 0. The lowest BCUT2D eigenvalue weighted by Gasteiger charge is -2.56. The normalized spacial score (nSPS) is 54.2. The fourth-order valence-corrected chi connectivity index (χ4v) is 6.80. The standard InChI is InChI=1S/C19H30O3/c1-2-19-10-16(21)18-13-6-4-12(20)9-11(13)3-5-14(18)15(19)7-8-17(19)22/h9,12-18,20-22H,2-8,10H2,1H3/t12?,13-,14-,15-,16+,17-,18+,19-/m0/s1. The van der Waals surface area contributed by atoms with Crippen LogP contribution in [0.15, 0.2) is 11.6 Å². The summed E-state index contributed by atoms with van der Waals surface area (Å²) in [5, 5.41) is 31.5. The van der Waals surface area contributed by atoms with Crippen LogP contribution in [0, 0.1) is 29.1 Å². The summed E-state index contributed by atoms with van der Waals surface area (Å²) in [5.74, 6) is 2.00. The quantitative estimate of drug-likeness (QED) is 0.653. The summed E-state index contributed by atoms with van der Waals surface area (Å²) in [6, 6.07) is 0. The molecule has 0 heterocycles. The van der Waals surface area contributed by atoms with E-state index in [0.717, 1.165) is 51.4 Å². The molecule has 3 fully saturated rings. The number of aliphatic hydroxyl groups excluding tert-OH is 3. The number of allylic oxidation sites excluding steroid dienone is 1. The van der Waals surface area contributed by atoms with Crippen molar-refractivity contribution in [2.45, 2.75) is 76.6 Å². The monoisotopic (exact) mass is 306 g/mol. The molecule has 0 aromatic rings. The van der Waals surface area contributed by atoms with Gasteiger partial charge in [-0.1, -0.05) is 18.6 Å². The van der Waals surface area contributed by atoms with Gasteiger partial charge in [-0.3, -0.25) is 0 Å². The van der Waals surface area contributed by atoms with Crippen LogP contribution in [0.2, 0.25) is 0 Å². The Kier molecular flexibility index (Phi) is 3.67. The zero-order valence-corrected chi connectivity index (χ0v) is 13.6. The smallest absolute Gasteiger partial charge is 0.0723 e. The second-order valence-corrected chi connectivity index (χ2v) is 8.33. The van der Waals surface area contributed by atoms with E-state index in [1.165, 1.54) is 5.57 Å². The van der Waals surface area contributed by atoms with Crippen molar-refractivity contribution in [3.8, 4) is 0 Å². The zero-order valence-electron chi connectivity index (χ0n) is 13.6. The van der Waals surface area contributed by atoms with Crippen LogP contribution in [0.3, 0.4) is 0 Å². The molecule has 0 radical (unpaired) electrons. The number of hydrogen-bond acceptors (Lipinski definition) is 3. The maximum atomic E-state index is 11.0. The summed E-state index contributed by atoms with van der Waals surface area (Å²) in [5.41, 5.74) is 1.37. The topological polar surface area (TPSA) is 60.7 Å². The maximum absolute atomic E-state index is 11.0. The number of fused-ring (bicyclic) bond motifs is 5. The van der Waals surface area contributed by atoms with Crippen molar-refractivity contribution >= 4 is 0 Å². The van der Waals surface area contributed by atoms with Gasteiger partial charge in [0.2, 0.25) is 0 Å². The van der Waals surface area contributed by atoms with Gasteiger partial charge in [-0.25, -0.2) is 0 Å². The Morgan fingerprint density at radius 2 is 1.91 bits per heavy atom. The molecule has 3 N–H and O–H groups in total. The molecule has 0 bridgehead atoms. The lowest BCUT2D eigenvalue weighted by Crippen LogP contribution is -2.54. The minimum Gasteiger partial charge on any atom is -0.393 e. The van der Waals surface area contributed by atoms with Crippen LogP contribution in [0.25, 0.3) is 0 Å². The molecule has 4 aliphatic rings. The van der Waals surface area contributed by atoms with E-state index in [9.17, 15) is 15.3 Å². The van der Waals surface area contributed by atoms with Crippen LogP contribution in [0.5, 0.6) is 0 Å². The fourth-order valence-electron chi connectivity index (χ4n) is 6.80. The zero-order chi connectivity index (χ0) is 15.5. The molecular weight excluding hydrogens is 276 g/mol. The highest BCUT2D eigenvalue weighted by Gasteiger charge is 2.60. The molecule has 3 saturated carbocycles. The second kappa shape index (κ2) is 5.32. The first-order chi connectivity index (χ1) is 10.6. The molecule has 0 saturated heterocycles. The molecule has 0 aromatic heterocycles. The average Bonchev–Trinajstić information content (AvgIpc) is 2.84. The first-order valence-corrected chi connectivity index (χ1v) is 9.31. The van der Waals surface area contributed by atoms with Crippen molar-refractivity contribution in [3.05, 3.63) is 11.6 Å². The molecule has 124 valence electrons. The third-order valence-corrected chi connectivity index (χ3v) is 7.74. The van der Waals surface area contributed by atoms with Crippen LogP contribution in [0.1, 0.15) is 58.3 Å². The van der Waals surface area contributed by atoms with Crippen LogP contribution in [-0.2, 0) is 0 Å². The molecule has 0 spiro atoms. The van der Waals surface area contributed by atoms with Gasteiger partial charge in [0.25, 0.3) is 0 Å². The summed E-state index contributed by atoms with van der Waals surface area (Å²) < 4.78 is 0. The average molecular weight is 306 g/mol. The Morgan fingerprint density at radius 3 is 2.68 bits per heavy atom. The molecular formula is C19H30O3. The molecule has 4 aliphatic carbocycles. The van der Waals surface area contributed by atoms with Gasteiger partial charge in [0.15, 0.2) is 0 Å². The molecule has 1 unspecified atom stereocenters. The minimum absolute atomic E-state index is 0.0318. The highest BCUT2D eigenvalue weighted by molar-refractivity contribution is 5.21. The minimum atomic E-state index is -0.280. The van der Waals surface area contributed by atoms with Crippen molar-refractivity contribution in [1.29, 1.82) is 0 Å². The molecule has 0 aromatic carbocycles. The summed E-state index contributed by atoms with van der Waals surface area (Å²) in [6.07, 6.45) is 9.22. The molecule has 3 nitrogen and oxygen atoms in total. The van der Waals surface area contributed by atoms with Crippen molar-refractivity contribution in [2.24, 2.45) is 29.1 Å². The van der Waals surface area contributed by atoms with Crippen molar-refractivity contribution in [3.63, 3.8) is 0 Å². The predicted octanol–water partition coefficient (Wildman–Crippen LogP) is 2.64. The van der Waals surface area contributed by atoms with E-state index in [4.69, 9.17) is 0 Å². The van der Waals surface area contributed by atoms with Gasteiger partial charge < -0.3 is 15.3 Å². The van der Waals surface area contributed by atoms with Gasteiger partial charge in [0.1, 0.15) is 0 Å². The number of aliphatic hydroxyl groups is 3. The van der Waals surface area contributed by atoms with Crippen LogP contribution >= 0.6 is 0 Å². The molecule has 22 heavy (non-hydrogen) atoms. The Labute approximate surface area is 133 Å². The van der Waals surface area contributed by atoms with Gasteiger partial charge in [-0.2, -0.15) is 0 Å². The Balaban J connectivity index is 1.67. The lowest BCUT2D eigenvalue weighted by molar-refractivity contribution is -0.129. The SMILES string of the molecule is CC[C@]12C[C@@H](O)[C@H]3[C@@H](CCC4=CC(O)CC[C@@H]43)[C@@H]1CC[C@@H]2O. The van der Waals surface area contributed by atoms with Crippen LogP contribution in [0.4, 0.5) is 0 Å². The third-order valence-electron chi connectivity index (χ3n) is 7.74. The Hall–Kier alpha value is -0.380. The van der Waals surface area contributed by atoms with E-state index in [0.29, 0.717) is 23.7 Å². The van der Waals surface area contributed by atoms with Gasteiger partial charge in [0.05, 0.1) is 18.3 Å². The Bertz CT molecular complexity index is 473. The summed E-state index contributed by atoms with van der Waals surface area (Å²) in [6.45, 7) is 2.19. The first-order valence-electron chi connectivity index (χ1n) is 9.31. The van der Waals surface area contributed by atoms with E-state index >= 15 is 0 Å². The van der Waals surface area contributed by atoms with Crippen LogP contribution in [-0.4, -0.2) is 33.6 Å². The van der Waals surface area contributed by atoms with E-state index in [2.05, 4.69) is 13.0 Å². The number of rotatable bonds is 1. The largest absolute Gasteiger partial charge is 0.393 e. The van der Waals surface area contributed by atoms with Crippen LogP contribution < -0.4 is 0 Å². The van der Waals surface area contributed by atoms with Gasteiger partial charge in [-0.15, -0.1) is 0 Å². The van der Waals surface area contributed by atoms with E-state index in [1.807, 2.05) is 0 Å². The van der Waals surface area contributed by atoms with Crippen molar-refractivity contribution < 1.29 is 15.3 Å². The Morgan fingerprint density at radius 1 is 1.09 bits per heavy atom. The van der Waals surface area contributed by atoms with Gasteiger partial charge in [-0.05, 0) is 75.0 Å². The maximum Gasteiger partial charge on any atom is 0.0723 e.